The molecule has 0 saturated carbocycles. The Bertz CT molecular complexity index is 858. The number of methoxy groups -OCH3 is 2. The molecule has 0 aliphatic rings. The second-order valence-electron chi connectivity index (χ2n) is 9.63. The third kappa shape index (κ3) is 8.99. The highest BCUT2D eigenvalue weighted by Crippen LogP contribution is 2.30. The minimum Gasteiger partial charge on any atom is -0.497 e. The van der Waals surface area contributed by atoms with Gasteiger partial charge in [0.25, 0.3) is 0 Å². The SMILES string of the molecule is COc1ccc(CN([C@H](CCCCO)CC(=O)OC(C)(C)C)[C@H](C)c2ccc(OC)cc2)cc1. The highest BCUT2D eigenvalue weighted by atomic mass is 16.6. The quantitative estimate of drug-likeness (QED) is 0.306. The first-order valence-corrected chi connectivity index (χ1v) is 12.0. The number of carbonyl (C=O) groups is 1. The van der Waals surface area contributed by atoms with Gasteiger partial charge in [-0.15, -0.1) is 0 Å². The number of hydrogen-bond donors (Lipinski definition) is 1. The normalized spacial score (nSPS) is 13.4. The summed E-state index contributed by atoms with van der Waals surface area (Å²) in [7, 11) is 3.32. The van der Waals surface area contributed by atoms with Gasteiger partial charge in [0.15, 0.2) is 0 Å². The van der Waals surface area contributed by atoms with Crippen LogP contribution in [0.25, 0.3) is 0 Å². The highest BCUT2D eigenvalue weighted by molar-refractivity contribution is 5.70. The summed E-state index contributed by atoms with van der Waals surface area (Å²) >= 11 is 0. The topological polar surface area (TPSA) is 68.2 Å². The van der Waals surface area contributed by atoms with Crippen molar-refractivity contribution in [3.8, 4) is 11.5 Å². The van der Waals surface area contributed by atoms with Crippen LogP contribution in [0.1, 0.15) is 70.5 Å². The van der Waals surface area contributed by atoms with E-state index in [2.05, 4.69) is 36.1 Å². The van der Waals surface area contributed by atoms with E-state index in [1.807, 2.05) is 45.0 Å². The van der Waals surface area contributed by atoms with Crippen molar-refractivity contribution in [2.45, 2.75) is 77.6 Å². The molecule has 0 spiro atoms. The van der Waals surface area contributed by atoms with Gasteiger partial charge >= 0.3 is 5.97 Å². The van der Waals surface area contributed by atoms with Crippen LogP contribution in [0.5, 0.6) is 11.5 Å². The Kier molecular flexibility index (Phi) is 10.9. The summed E-state index contributed by atoms with van der Waals surface area (Å²) in [5.74, 6) is 1.42. The fourth-order valence-electron chi connectivity index (χ4n) is 4.05. The number of rotatable bonds is 13. The number of esters is 1. The first kappa shape index (κ1) is 27.7. The van der Waals surface area contributed by atoms with E-state index < -0.39 is 5.60 Å². The van der Waals surface area contributed by atoms with Gasteiger partial charge in [-0.3, -0.25) is 9.69 Å². The Labute approximate surface area is 204 Å². The summed E-state index contributed by atoms with van der Waals surface area (Å²) in [5.41, 5.74) is 1.75. The molecule has 0 aromatic heterocycles. The molecule has 34 heavy (non-hydrogen) atoms. The molecule has 2 atom stereocenters. The summed E-state index contributed by atoms with van der Waals surface area (Å²) in [6.45, 7) is 8.65. The molecule has 2 aromatic carbocycles. The maximum atomic E-state index is 12.9. The predicted molar refractivity (Wildman–Crippen MR) is 135 cm³/mol. The van der Waals surface area contributed by atoms with E-state index in [1.54, 1.807) is 14.2 Å². The number of aliphatic hydroxyl groups is 1. The molecule has 0 heterocycles. The molecule has 0 unspecified atom stereocenters. The van der Waals surface area contributed by atoms with E-state index >= 15 is 0 Å². The molecular formula is C28H41NO5. The predicted octanol–water partition coefficient (Wildman–Crippen LogP) is 5.53. The monoisotopic (exact) mass is 471 g/mol. The molecule has 6 heteroatoms. The van der Waals surface area contributed by atoms with Crippen LogP contribution >= 0.6 is 0 Å². The third-order valence-corrected chi connectivity index (χ3v) is 5.86. The number of hydrogen-bond acceptors (Lipinski definition) is 6. The summed E-state index contributed by atoms with van der Waals surface area (Å²) in [6, 6.07) is 16.1. The molecule has 0 radical (unpaired) electrons. The van der Waals surface area contributed by atoms with Crippen LogP contribution in [0.15, 0.2) is 48.5 Å². The zero-order chi connectivity index (χ0) is 25.1. The van der Waals surface area contributed by atoms with Gasteiger partial charge in [0, 0.05) is 25.2 Å². The molecule has 0 amide bonds. The molecule has 1 N–H and O–H groups in total. The van der Waals surface area contributed by atoms with Gasteiger partial charge in [-0.1, -0.05) is 24.3 Å². The lowest BCUT2D eigenvalue weighted by Gasteiger charge is -2.37. The van der Waals surface area contributed by atoms with E-state index in [0.717, 1.165) is 35.5 Å². The second kappa shape index (κ2) is 13.4. The van der Waals surface area contributed by atoms with Crippen LogP contribution in [-0.4, -0.2) is 48.4 Å². The van der Waals surface area contributed by atoms with Gasteiger partial charge in [-0.25, -0.2) is 0 Å². The maximum absolute atomic E-state index is 12.9. The third-order valence-electron chi connectivity index (χ3n) is 5.86. The number of ether oxygens (including phenoxy) is 3. The van der Waals surface area contributed by atoms with Gasteiger partial charge in [0.05, 0.1) is 20.6 Å². The molecular weight excluding hydrogens is 430 g/mol. The van der Waals surface area contributed by atoms with E-state index in [1.165, 1.54) is 0 Å². The zero-order valence-electron chi connectivity index (χ0n) is 21.5. The van der Waals surface area contributed by atoms with Crippen molar-refractivity contribution in [3.05, 3.63) is 59.7 Å². The lowest BCUT2D eigenvalue weighted by molar-refractivity contribution is -0.156. The average molecular weight is 472 g/mol. The lowest BCUT2D eigenvalue weighted by atomic mass is 9.98. The van der Waals surface area contributed by atoms with Crippen LogP contribution in [0, 0.1) is 0 Å². The fourth-order valence-corrected chi connectivity index (χ4v) is 4.05. The minimum absolute atomic E-state index is 0.0411. The summed E-state index contributed by atoms with van der Waals surface area (Å²) in [6.07, 6.45) is 2.62. The van der Waals surface area contributed by atoms with E-state index in [9.17, 15) is 9.90 Å². The van der Waals surface area contributed by atoms with Crippen molar-refractivity contribution in [3.63, 3.8) is 0 Å². The molecule has 0 saturated heterocycles. The minimum atomic E-state index is -0.533. The fraction of sp³-hybridized carbons (Fsp3) is 0.536. The Morgan fingerprint density at radius 3 is 2.00 bits per heavy atom. The second-order valence-corrected chi connectivity index (χ2v) is 9.63. The standard InChI is InChI=1S/C28H41NO5/c1-21(23-12-16-26(33-6)17-13-23)29(20-22-10-14-25(32-5)15-11-22)24(9-7-8-18-30)19-27(31)34-28(2,3)4/h10-17,21,24,30H,7-9,18-20H2,1-6H3/t21-,24-/m1/s1. The Balaban J connectivity index is 2.37. The number of nitrogens with zero attached hydrogens (tertiary/aromatic N) is 1. The molecule has 2 aromatic rings. The Morgan fingerprint density at radius 1 is 0.941 bits per heavy atom. The van der Waals surface area contributed by atoms with Crippen LogP contribution < -0.4 is 9.47 Å². The van der Waals surface area contributed by atoms with Crippen molar-refractivity contribution in [2.75, 3.05) is 20.8 Å². The van der Waals surface area contributed by atoms with Crippen molar-refractivity contribution in [1.29, 1.82) is 0 Å². The van der Waals surface area contributed by atoms with Crippen molar-refractivity contribution in [1.82, 2.24) is 4.90 Å². The molecule has 188 valence electrons. The van der Waals surface area contributed by atoms with E-state index in [0.29, 0.717) is 19.4 Å². The first-order valence-electron chi connectivity index (χ1n) is 12.0. The number of benzene rings is 2. The van der Waals surface area contributed by atoms with E-state index in [-0.39, 0.29) is 24.7 Å². The average Bonchev–Trinajstić information content (AvgIpc) is 2.81. The molecule has 0 bridgehead atoms. The summed E-state index contributed by atoms with van der Waals surface area (Å²) in [5, 5.41) is 9.34. The van der Waals surface area contributed by atoms with Gasteiger partial charge in [-0.2, -0.15) is 0 Å². The molecule has 0 aliphatic carbocycles. The Morgan fingerprint density at radius 2 is 1.50 bits per heavy atom. The molecule has 0 fully saturated rings. The van der Waals surface area contributed by atoms with Gasteiger partial charge in [0.2, 0.25) is 0 Å². The van der Waals surface area contributed by atoms with E-state index in [4.69, 9.17) is 14.2 Å². The van der Waals surface area contributed by atoms with Gasteiger partial charge in [0.1, 0.15) is 17.1 Å². The summed E-state index contributed by atoms with van der Waals surface area (Å²) in [4.78, 5) is 15.2. The van der Waals surface area contributed by atoms with Crippen LogP contribution in [0.4, 0.5) is 0 Å². The largest absolute Gasteiger partial charge is 0.497 e. The van der Waals surface area contributed by atoms with Crippen LogP contribution in [0.2, 0.25) is 0 Å². The van der Waals surface area contributed by atoms with Gasteiger partial charge < -0.3 is 19.3 Å². The highest BCUT2D eigenvalue weighted by Gasteiger charge is 2.29. The summed E-state index contributed by atoms with van der Waals surface area (Å²) < 4.78 is 16.3. The van der Waals surface area contributed by atoms with Gasteiger partial charge in [-0.05, 0) is 82.3 Å². The van der Waals surface area contributed by atoms with Crippen molar-refractivity contribution in [2.24, 2.45) is 0 Å². The molecule has 6 nitrogen and oxygen atoms in total. The number of aliphatic hydroxyl groups excluding tert-OH is 1. The van der Waals surface area contributed by atoms with Crippen molar-refractivity contribution >= 4 is 5.97 Å². The first-order chi connectivity index (χ1) is 16.2. The smallest absolute Gasteiger partial charge is 0.307 e. The number of unbranched alkanes of at least 4 members (excludes halogenated alkanes) is 1. The molecule has 0 aliphatic heterocycles. The zero-order valence-corrected chi connectivity index (χ0v) is 21.5. The maximum Gasteiger partial charge on any atom is 0.307 e. The van der Waals surface area contributed by atoms with Crippen LogP contribution in [-0.2, 0) is 16.1 Å². The lowest BCUT2D eigenvalue weighted by Crippen LogP contribution is -2.39. The molecule has 2 rings (SSSR count). The van der Waals surface area contributed by atoms with Crippen LogP contribution in [0.3, 0.4) is 0 Å². The number of carbonyl (C=O) groups excluding carboxylic acids is 1. The Hall–Kier alpha value is -2.57. The van der Waals surface area contributed by atoms with Crippen molar-refractivity contribution < 1.29 is 24.1 Å².